The zero-order valence-electron chi connectivity index (χ0n) is 12.3. The fourth-order valence-electron chi connectivity index (χ4n) is 3.07. The van der Waals surface area contributed by atoms with Crippen molar-refractivity contribution < 1.29 is 19.8 Å². The number of nitrogens with zero attached hydrogens (tertiary/aromatic N) is 2. The minimum absolute atomic E-state index is 0.393. The van der Waals surface area contributed by atoms with Crippen LogP contribution in [-0.2, 0) is 4.79 Å². The van der Waals surface area contributed by atoms with Gasteiger partial charge in [0.1, 0.15) is 0 Å². The van der Waals surface area contributed by atoms with E-state index in [4.69, 9.17) is 10.2 Å². The van der Waals surface area contributed by atoms with Crippen LogP contribution in [-0.4, -0.2) is 77.4 Å². The summed E-state index contributed by atoms with van der Waals surface area (Å²) < 4.78 is 0. The third-order valence-electron chi connectivity index (χ3n) is 4.40. The maximum absolute atomic E-state index is 12.0. The Morgan fingerprint density at radius 1 is 1.14 bits per heavy atom. The van der Waals surface area contributed by atoms with E-state index in [1.807, 2.05) is 0 Å². The molecule has 0 bridgehead atoms. The number of aliphatic hydroxyl groups is 1. The van der Waals surface area contributed by atoms with Crippen molar-refractivity contribution in [3.63, 3.8) is 0 Å². The number of carboxylic acids is 1. The zero-order valence-corrected chi connectivity index (χ0v) is 12.3. The van der Waals surface area contributed by atoms with Gasteiger partial charge >= 0.3 is 12.0 Å². The molecule has 2 aliphatic heterocycles. The number of rotatable bonds is 5. The molecule has 2 rings (SSSR count). The molecule has 0 saturated carbocycles. The Bertz CT molecular complexity index is 363. The summed E-state index contributed by atoms with van der Waals surface area (Å²) in [5.41, 5.74) is 0. The van der Waals surface area contributed by atoms with Crippen LogP contribution < -0.4 is 5.32 Å². The molecule has 21 heavy (non-hydrogen) atoms. The number of hydrogen-bond donors (Lipinski definition) is 3. The normalized spacial score (nSPS) is 22.2. The number of urea groups is 1. The number of likely N-dealkylation sites (tertiary alicyclic amines) is 2. The number of nitrogens with one attached hydrogen (secondary N) is 1. The lowest BCUT2D eigenvalue weighted by Gasteiger charge is -2.34. The van der Waals surface area contributed by atoms with Gasteiger partial charge in [-0.1, -0.05) is 0 Å². The van der Waals surface area contributed by atoms with E-state index in [1.54, 1.807) is 4.90 Å². The second kappa shape index (κ2) is 7.61. The first-order valence-electron chi connectivity index (χ1n) is 7.71. The number of carboxylic acid groups (broad SMARTS) is 1. The SMILES string of the molecule is O=C(O)[C@H](CO)NC(=O)N1CCC(CN2CCCC2)CC1. The molecule has 0 aromatic carbocycles. The van der Waals surface area contributed by atoms with Crippen LogP contribution in [0.1, 0.15) is 25.7 Å². The number of amides is 2. The van der Waals surface area contributed by atoms with Crippen molar-refractivity contribution in [3.8, 4) is 0 Å². The molecule has 0 aromatic heterocycles. The Balaban J connectivity index is 1.72. The average molecular weight is 299 g/mol. The van der Waals surface area contributed by atoms with Crippen LogP contribution in [0, 0.1) is 5.92 Å². The molecule has 0 aromatic rings. The van der Waals surface area contributed by atoms with E-state index < -0.39 is 24.6 Å². The van der Waals surface area contributed by atoms with Gasteiger partial charge in [0, 0.05) is 19.6 Å². The lowest BCUT2D eigenvalue weighted by Crippen LogP contribution is -2.51. The summed E-state index contributed by atoms with van der Waals surface area (Å²) in [4.78, 5) is 26.9. The lowest BCUT2D eigenvalue weighted by molar-refractivity contribution is -0.140. The van der Waals surface area contributed by atoms with E-state index in [-0.39, 0.29) is 0 Å². The van der Waals surface area contributed by atoms with Gasteiger partial charge in [-0.15, -0.1) is 0 Å². The molecule has 0 radical (unpaired) electrons. The molecule has 120 valence electrons. The van der Waals surface area contributed by atoms with Crippen LogP contribution in [0.4, 0.5) is 4.79 Å². The number of aliphatic carboxylic acids is 1. The highest BCUT2D eigenvalue weighted by atomic mass is 16.4. The average Bonchev–Trinajstić information content (AvgIpc) is 2.98. The van der Waals surface area contributed by atoms with Gasteiger partial charge in [0.15, 0.2) is 6.04 Å². The van der Waals surface area contributed by atoms with Crippen molar-refractivity contribution in [1.82, 2.24) is 15.1 Å². The van der Waals surface area contributed by atoms with E-state index in [1.165, 1.54) is 25.9 Å². The molecule has 7 heteroatoms. The highest BCUT2D eigenvalue weighted by Gasteiger charge is 2.27. The van der Waals surface area contributed by atoms with Crippen LogP contribution >= 0.6 is 0 Å². The monoisotopic (exact) mass is 299 g/mol. The van der Waals surface area contributed by atoms with Gasteiger partial charge in [0.05, 0.1) is 6.61 Å². The highest BCUT2D eigenvalue weighted by molar-refractivity contribution is 5.82. The minimum atomic E-state index is -1.22. The first-order valence-corrected chi connectivity index (χ1v) is 7.71. The third kappa shape index (κ3) is 4.57. The van der Waals surface area contributed by atoms with E-state index in [9.17, 15) is 9.59 Å². The summed E-state index contributed by atoms with van der Waals surface area (Å²) >= 11 is 0. The molecule has 2 aliphatic rings. The van der Waals surface area contributed by atoms with Crippen LogP contribution in [0.25, 0.3) is 0 Å². The molecule has 1 atom stereocenters. The van der Waals surface area contributed by atoms with Crippen molar-refractivity contribution in [2.45, 2.75) is 31.7 Å². The predicted molar refractivity (Wildman–Crippen MR) is 77.0 cm³/mol. The third-order valence-corrected chi connectivity index (χ3v) is 4.40. The maximum atomic E-state index is 12.0. The van der Waals surface area contributed by atoms with Crippen molar-refractivity contribution in [3.05, 3.63) is 0 Å². The summed E-state index contributed by atoms with van der Waals surface area (Å²) in [6.07, 6.45) is 4.50. The molecule has 2 saturated heterocycles. The van der Waals surface area contributed by atoms with Gasteiger partial charge < -0.3 is 25.3 Å². The van der Waals surface area contributed by atoms with Gasteiger partial charge in [-0.25, -0.2) is 9.59 Å². The summed E-state index contributed by atoms with van der Waals surface area (Å²) in [6, 6.07) is -1.61. The minimum Gasteiger partial charge on any atom is -0.480 e. The first-order chi connectivity index (χ1) is 10.1. The zero-order chi connectivity index (χ0) is 15.2. The van der Waals surface area contributed by atoms with Gasteiger partial charge in [-0.3, -0.25) is 0 Å². The fourth-order valence-corrected chi connectivity index (χ4v) is 3.07. The standard InChI is InChI=1S/C14H25N3O4/c18-10-12(13(19)20)15-14(21)17-7-3-11(4-8-17)9-16-5-1-2-6-16/h11-12,18H,1-10H2,(H,15,21)(H,19,20)/t12-/m0/s1. The van der Waals surface area contributed by atoms with E-state index >= 15 is 0 Å². The number of carbonyl (C=O) groups is 2. The predicted octanol–water partition coefficient (Wildman–Crippen LogP) is -0.0507. The van der Waals surface area contributed by atoms with Crippen molar-refractivity contribution >= 4 is 12.0 Å². The highest BCUT2D eigenvalue weighted by Crippen LogP contribution is 2.20. The van der Waals surface area contributed by atoms with Crippen LogP contribution in [0.15, 0.2) is 0 Å². The molecular formula is C14H25N3O4. The molecule has 2 heterocycles. The number of carbonyl (C=O) groups excluding carboxylic acids is 1. The van der Waals surface area contributed by atoms with Gasteiger partial charge in [0.2, 0.25) is 0 Å². The molecule has 0 aliphatic carbocycles. The largest absolute Gasteiger partial charge is 0.480 e. The quantitative estimate of drug-likeness (QED) is 0.662. The summed E-state index contributed by atoms with van der Waals surface area (Å²) in [6.45, 7) is 4.22. The van der Waals surface area contributed by atoms with E-state index in [2.05, 4.69) is 10.2 Å². The topological polar surface area (TPSA) is 93.1 Å². The molecule has 2 fully saturated rings. The Labute approximate surface area is 124 Å². The van der Waals surface area contributed by atoms with Gasteiger partial charge in [-0.2, -0.15) is 0 Å². The van der Waals surface area contributed by atoms with Crippen LogP contribution in [0.5, 0.6) is 0 Å². The Morgan fingerprint density at radius 2 is 1.76 bits per heavy atom. The van der Waals surface area contributed by atoms with Gasteiger partial charge in [-0.05, 0) is 44.7 Å². The van der Waals surface area contributed by atoms with Crippen molar-refractivity contribution in [2.75, 3.05) is 39.3 Å². The summed E-state index contributed by atoms with van der Waals surface area (Å²) in [5.74, 6) is -0.588. The van der Waals surface area contributed by atoms with Crippen LogP contribution in [0.3, 0.4) is 0 Å². The Kier molecular flexibility index (Phi) is 5.81. The summed E-state index contributed by atoms with van der Waals surface area (Å²) in [7, 11) is 0. The second-order valence-corrected chi connectivity index (χ2v) is 5.96. The Hall–Kier alpha value is -1.34. The number of hydrogen-bond acceptors (Lipinski definition) is 4. The molecule has 3 N–H and O–H groups in total. The van der Waals surface area contributed by atoms with E-state index in [0.29, 0.717) is 19.0 Å². The van der Waals surface area contributed by atoms with Crippen molar-refractivity contribution in [2.24, 2.45) is 5.92 Å². The van der Waals surface area contributed by atoms with E-state index in [0.717, 1.165) is 19.4 Å². The van der Waals surface area contributed by atoms with Crippen molar-refractivity contribution in [1.29, 1.82) is 0 Å². The molecule has 0 unspecified atom stereocenters. The van der Waals surface area contributed by atoms with Crippen LogP contribution in [0.2, 0.25) is 0 Å². The fraction of sp³-hybridized carbons (Fsp3) is 0.857. The lowest BCUT2D eigenvalue weighted by atomic mass is 9.96. The summed E-state index contributed by atoms with van der Waals surface area (Å²) in [5, 5.41) is 20.1. The van der Waals surface area contributed by atoms with Gasteiger partial charge in [0.25, 0.3) is 0 Å². The second-order valence-electron chi connectivity index (χ2n) is 5.96. The molecule has 2 amide bonds. The molecular weight excluding hydrogens is 274 g/mol. The smallest absolute Gasteiger partial charge is 0.328 e. The molecule has 7 nitrogen and oxygen atoms in total. The first kappa shape index (κ1) is 16.0. The maximum Gasteiger partial charge on any atom is 0.328 e. The number of piperidine rings is 1. The number of aliphatic hydroxyl groups excluding tert-OH is 1. The molecule has 0 spiro atoms. The Morgan fingerprint density at radius 3 is 2.29 bits per heavy atom.